The van der Waals surface area contributed by atoms with Gasteiger partial charge in [-0.05, 0) is 18.2 Å². The molecule has 0 aliphatic heterocycles. The summed E-state index contributed by atoms with van der Waals surface area (Å²) in [6.45, 7) is 3.62. The van der Waals surface area contributed by atoms with Gasteiger partial charge in [-0.25, -0.2) is 4.39 Å². The maximum Gasteiger partial charge on any atom is 0.416 e. The Morgan fingerprint density at radius 3 is 2.63 bits per heavy atom. The lowest BCUT2D eigenvalue weighted by atomic mass is 10.2. The van der Waals surface area contributed by atoms with Gasteiger partial charge in [-0.1, -0.05) is 6.08 Å². The molecule has 2 N–H and O–H groups in total. The molecule has 0 aliphatic carbocycles. The predicted molar refractivity (Wildman–Crippen MR) is 63.1 cm³/mol. The van der Waals surface area contributed by atoms with Crippen molar-refractivity contribution in [3.8, 4) is 0 Å². The third-order valence-electron chi connectivity index (χ3n) is 2.14. The molecule has 0 fully saturated rings. The Balaban J connectivity index is 2.77. The SMILES string of the molecule is C=CCNCC(=O)Nc1cc(C(F)(F)F)ccc1F. The molecule has 1 rings (SSSR count). The normalized spacial score (nSPS) is 11.2. The second kappa shape index (κ2) is 6.33. The fourth-order valence-corrected chi connectivity index (χ4v) is 1.28. The first-order valence-electron chi connectivity index (χ1n) is 5.33. The van der Waals surface area contributed by atoms with Gasteiger partial charge in [-0.15, -0.1) is 6.58 Å². The highest BCUT2D eigenvalue weighted by atomic mass is 19.4. The minimum absolute atomic E-state index is 0.151. The van der Waals surface area contributed by atoms with Crippen LogP contribution in [-0.2, 0) is 11.0 Å². The van der Waals surface area contributed by atoms with E-state index in [0.717, 1.165) is 0 Å². The molecule has 0 bridgehead atoms. The minimum atomic E-state index is -4.59. The van der Waals surface area contributed by atoms with E-state index >= 15 is 0 Å². The Morgan fingerprint density at radius 1 is 1.37 bits per heavy atom. The smallest absolute Gasteiger partial charge is 0.322 e. The molecule has 0 radical (unpaired) electrons. The van der Waals surface area contributed by atoms with Gasteiger partial charge in [0.15, 0.2) is 0 Å². The van der Waals surface area contributed by atoms with Gasteiger partial charge in [0.25, 0.3) is 0 Å². The maximum atomic E-state index is 13.3. The number of halogens is 4. The number of amides is 1. The molecule has 104 valence electrons. The van der Waals surface area contributed by atoms with Crippen LogP contribution in [0.3, 0.4) is 0 Å². The number of benzene rings is 1. The number of hydrogen-bond donors (Lipinski definition) is 2. The molecule has 7 heteroatoms. The molecule has 0 aromatic heterocycles. The maximum absolute atomic E-state index is 13.3. The Hall–Kier alpha value is -1.89. The summed E-state index contributed by atoms with van der Waals surface area (Å²) in [5, 5.41) is 4.72. The van der Waals surface area contributed by atoms with Crippen LogP contribution in [0.5, 0.6) is 0 Å². The van der Waals surface area contributed by atoms with Gasteiger partial charge in [0.05, 0.1) is 17.8 Å². The number of carbonyl (C=O) groups excluding carboxylic acids is 1. The molecule has 0 saturated heterocycles. The van der Waals surface area contributed by atoms with Crippen LogP contribution in [-0.4, -0.2) is 19.0 Å². The topological polar surface area (TPSA) is 41.1 Å². The average molecular weight is 276 g/mol. The van der Waals surface area contributed by atoms with E-state index in [9.17, 15) is 22.4 Å². The van der Waals surface area contributed by atoms with Gasteiger partial charge in [-0.2, -0.15) is 13.2 Å². The van der Waals surface area contributed by atoms with E-state index in [-0.39, 0.29) is 6.54 Å². The van der Waals surface area contributed by atoms with Crippen molar-refractivity contribution in [3.63, 3.8) is 0 Å². The Labute approximate surface area is 107 Å². The molecule has 1 amide bonds. The molecule has 0 aliphatic rings. The molecule has 1 aromatic rings. The zero-order valence-electron chi connectivity index (χ0n) is 9.85. The first-order chi connectivity index (χ1) is 8.84. The van der Waals surface area contributed by atoms with Gasteiger partial charge >= 0.3 is 6.18 Å². The molecule has 3 nitrogen and oxygen atoms in total. The highest BCUT2D eigenvalue weighted by Gasteiger charge is 2.31. The van der Waals surface area contributed by atoms with Crippen LogP contribution in [0.25, 0.3) is 0 Å². The minimum Gasteiger partial charge on any atom is -0.322 e. The molecule has 0 spiro atoms. The van der Waals surface area contributed by atoms with Crippen LogP contribution in [0.1, 0.15) is 5.56 Å². The summed E-state index contributed by atoms with van der Waals surface area (Å²) >= 11 is 0. The molecule has 0 unspecified atom stereocenters. The molecule has 0 saturated carbocycles. The van der Waals surface area contributed by atoms with E-state index in [4.69, 9.17) is 0 Å². The van der Waals surface area contributed by atoms with Crippen LogP contribution < -0.4 is 10.6 Å². The summed E-state index contributed by atoms with van der Waals surface area (Å²) < 4.78 is 50.6. The number of nitrogens with one attached hydrogen (secondary N) is 2. The van der Waals surface area contributed by atoms with Gasteiger partial charge in [0, 0.05) is 6.54 Å². The van der Waals surface area contributed by atoms with Crippen LogP contribution in [0.2, 0.25) is 0 Å². The Bertz CT molecular complexity index is 471. The fraction of sp³-hybridized carbons (Fsp3) is 0.250. The molecular weight excluding hydrogens is 264 g/mol. The molecular formula is C12H12F4N2O. The van der Waals surface area contributed by atoms with Crippen molar-refractivity contribution < 1.29 is 22.4 Å². The van der Waals surface area contributed by atoms with Gasteiger partial charge in [0.2, 0.25) is 5.91 Å². The van der Waals surface area contributed by atoms with Crippen LogP contribution >= 0.6 is 0 Å². The van der Waals surface area contributed by atoms with E-state index in [1.807, 2.05) is 0 Å². The van der Waals surface area contributed by atoms with E-state index in [2.05, 4.69) is 17.2 Å². The van der Waals surface area contributed by atoms with Crippen molar-refractivity contribution >= 4 is 11.6 Å². The van der Waals surface area contributed by atoms with Crippen molar-refractivity contribution in [2.75, 3.05) is 18.4 Å². The van der Waals surface area contributed by atoms with Crippen molar-refractivity contribution in [2.45, 2.75) is 6.18 Å². The van der Waals surface area contributed by atoms with Gasteiger partial charge in [0.1, 0.15) is 5.82 Å². The lowest BCUT2D eigenvalue weighted by Gasteiger charge is -2.11. The molecule has 1 aromatic carbocycles. The molecule has 19 heavy (non-hydrogen) atoms. The Morgan fingerprint density at radius 2 is 2.05 bits per heavy atom. The van der Waals surface area contributed by atoms with Crippen molar-refractivity contribution in [2.24, 2.45) is 0 Å². The van der Waals surface area contributed by atoms with Crippen LogP contribution in [0.4, 0.5) is 23.2 Å². The van der Waals surface area contributed by atoms with Crippen molar-refractivity contribution in [1.29, 1.82) is 0 Å². The molecule has 0 atom stereocenters. The fourth-order valence-electron chi connectivity index (χ4n) is 1.28. The molecule has 0 heterocycles. The second-order valence-electron chi connectivity index (χ2n) is 3.66. The number of anilines is 1. The summed E-state index contributed by atoms with van der Waals surface area (Å²) in [6, 6.07) is 1.83. The third kappa shape index (κ3) is 4.70. The number of carbonyl (C=O) groups is 1. The average Bonchev–Trinajstić information content (AvgIpc) is 2.31. The summed E-state index contributed by atoms with van der Waals surface area (Å²) in [5.41, 5.74) is -1.52. The quantitative estimate of drug-likeness (QED) is 0.493. The second-order valence-corrected chi connectivity index (χ2v) is 3.66. The van der Waals surface area contributed by atoms with Gasteiger partial charge < -0.3 is 10.6 Å². The number of hydrogen-bond acceptors (Lipinski definition) is 2. The highest BCUT2D eigenvalue weighted by Crippen LogP contribution is 2.31. The van der Waals surface area contributed by atoms with Gasteiger partial charge in [-0.3, -0.25) is 4.79 Å². The van der Waals surface area contributed by atoms with E-state index in [1.165, 1.54) is 6.08 Å². The lowest BCUT2D eigenvalue weighted by Crippen LogP contribution is -2.28. The van der Waals surface area contributed by atoms with E-state index < -0.39 is 29.2 Å². The van der Waals surface area contributed by atoms with E-state index in [0.29, 0.717) is 24.7 Å². The van der Waals surface area contributed by atoms with Crippen LogP contribution in [0, 0.1) is 5.82 Å². The summed E-state index contributed by atoms with van der Waals surface area (Å²) in [7, 11) is 0. The Kier molecular flexibility index (Phi) is 5.05. The zero-order valence-corrected chi connectivity index (χ0v) is 9.85. The lowest BCUT2D eigenvalue weighted by molar-refractivity contribution is -0.137. The van der Waals surface area contributed by atoms with Crippen LogP contribution in [0.15, 0.2) is 30.9 Å². The van der Waals surface area contributed by atoms with Crippen molar-refractivity contribution in [3.05, 3.63) is 42.2 Å². The highest BCUT2D eigenvalue weighted by molar-refractivity contribution is 5.92. The largest absolute Gasteiger partial charge is 0.416 e. The number of alkyl halides is 3. The monoisotopic (exact) mass is 276 g/mol. The summed E-state index contributed by atoms with van der Waals surface area (Å²) in [6.07, 6.45) is -3.08. The third-order valence-corrected chi connectivity index (χ3v) is 2.14. The predicted octanol–water partition coefficient (Wildman–Crippen LogP) is 2.56. The first-order valence-corrected chi connectivity index (χ1v) is 5.33. The summed E-state index contributed by atoms with van der Waals surface area (Å²) in [4.78, 5) is 11.3. The summed E-state index contributed by atoms with van der Waals surface area (Å²) in [5.74, 6) is -1.56. The zero-order chi connectivity index (χ0) is 14.5. The van der Waals surface area contributed by atoms with Crippen molar-refractivity contribution in [1.82, 2.24) is 5.32 Å². The number of rotatable bonds is 5. The van der Waals surface area contributed by atoms with E-state index in [1.54, 1.807) is 0 Å². The first kappa shape index (κ1) is 15.2. The standard InChI is InChI=1S/C12H12F4N2O/c1-2-5-17-7-11(19)18-10-6-8(12(14,15)16)3-4-9(10)13/h2-4,6,17H,1,5,7H2,(H,18,19).